The number of hydrogen-bond donors (Lipinski definition) is 0. The fraction of sp³-hybridized carbons (Fsp3) is 0.111. The van der Waals surface area contributed by atoms with Gasteiger partial charge in [-0.1, -0.05) is 29.8 Å². The highest BCUT2D eigenvalue weighted by atomic mass is 16.5. The van der Waals surface area contributed by atoms with E-state index >= 15 is 0 Å². The topological polar surface area (TPSA) is 48.3 Å². The number of aryl methyl sites for hydroxylation is 2. The summed E-state index contributed by atoms with van der Waals surface area (Å²) in [7, 11) is 1.69. The van der Waals surface area contributed by atoms with Crippen LogP contribution in [0.4, 0.5) is 0 Å². The van der Waals surface area contributed by atoms with E-state index in [1.54, 1.807) is 19.2 Å². The molecule has 3 aromatic rings. The first kappa shape index (κ1) is 14.1. The molecule has 0 unspecified atom stereocenters. The Morgan fingerprint density at radius 3 is 2.45 bits per heavy atom. The van der Waals surface area contributed by atoms with Crippen LogP contribution in [0.3, 0.4) is 0 Å². The minimum atomic E-state index is -0.474. The van der Waals surface area contributed by atoms with E-state index in [9.17, 15) is 9.59 Å². The van der Waals surface area contributed by atoms with Gasteiger partial charge in [-0.3, -0.25) is 4.79 Å². The van der Waals surface area contributed by atoms with Crippen LogP contribution in [-0.2, 0) is 7.05 Å². The Morgan fingerprint density at radius 1 is 1.05 bits per heavy atom. The van der Waals surface area contributed by atoms with Gasteiger partial charge in [0.2, 0.25) is 0 Å². The maximum Gasteiger partial charge on any atom is 0.343 e. The van der Waals surface area contributed by atoms with Gasteiger partial charge in [-0.15, -0.1) is 0 Å². The Balaban J connectivity index is 2.04. The average molecular weight is 293 g/mol. The van der Waals surface area contributed by atoms with Crippen molar-refractivity contribution < 1.29 is 9.53 Å². The lowest BCUT2D eigenvalue weighted by molar-refractivity contribution is 0.0737. The first-order valence-electron chi connectivity index (χ1n) is 6.94. The number of carbonyl (C=O) groups is 1. The van der Waals surface area contributed by atoms with Gasteiger partial charge in [-0.25, -0.2) is 4.79 Å². The van der Waals surface area contributed by atoms with Crippen molar-refractivity contribution in [2.45, 2.75) is 6.92 Å². The maximum atomic E-state index is 12.2. The number of hydrogen-bond acceptors (Lipinski definition) is 3. The molecule has 0 bridgehead atoms. The molecule has 4 nitrogen and oxygen atoms in total. The molecule has 0 spiro atoms. The summed E-state index contributed by atoms with van der Waals surface area (Å²) in [6, 6.07) is 15.8. The Bertz CT molecular complexity index is 908. The zero-order valence-electron chi connectivity index (χ0n) is 12.4. The van der Waals surface area contributed by atoms with E-state index in [0.29, 0.717) is 5.56 Å². The monoisotopic (exact) mass is 293 g/mol. The molecule has 4 heteroatoms. The summed E-state index contributed by atoms with van der Waals surface area (Å²) in [5.74, 6) is -0.192. The number of rotatable bonds is 2. The highest BCUT2D eigenvalue weighted by molar-refractivity contribution is 5.94. The van der Waals surface area contributed by atoms with Crippen molar-refractivity contribution in [3.8, 4) is 5.75 Å². The normalized spacial score (nSPS) is 10.6. The molecule has 22 heavy (non-hydrogen) atoms. The fourth-order valence-corrected chi connectivity index (χ4v) is 2.31. The predicted molar refractivity (Wildman–Crippen MR) is 85.3 cm³/mol. The van der Waals surface area contributed by atoms with E-state index in [4.69, 9.17) is 4.74 Å². The van der Waals surface area contributed by atoms with Gasteiger partial charge in [0.1, 0.15) is 5.75 Å². The predicted octanol–water partition coefficient (Wildman–Crippen LogP) is 3.07. The van der Waals surface area contributed by atoms with Crippen LogP contribution in [0.5, 0.6) is 5.75 Å². The fourth-order valence-electron chi connectivity index (χ4n) is 2.31. The molecule has 0 aliphatic carbocycles. The number of esters is 1. The minimum absolute atomic E-state index is 0.217. The van der Waals surface area contributed by atoms with Gasteiger partial charge < -0.3 is 9.30 Å². The molecule has 0 aliphatic heterocycles. The molecule has 0 saturated heterocycles. The summed E-state index contributed by atoms with van der Waals surface area (Å²) in [5.41, 5.74) is 2.03. The zero-order valence-corrected chi connectivity index (χ0v) is 12.4. The van der Waals surface area contributed by atoms with E-state index < -0.39 is 5.97 Å². The number of ether oxygens (including phenoxy) is 1. The lowest BCUT2D eigenvalue weighted by atomic mass is 10.1. The maximum absolute atomic E-state index is 12.2. The van der Waals surface area contributed by atoms with E-state index in [1.165, 1.54) is 10.6 Å². The summed E-state index contributed by atoms with van der Waals surface area (Å²) in [5, 5.41) is 0.727. The molecule has 0 N–H and O–H groups in total. The Morgan fingerprint density at radius 2 is 1.73 bits per heavy atom. The van der Waals surface area contributed by atoms with Crippen LogP contribution in [0, 0.1) is 6.92 Å². The third-order valence-corrected chi connectivity index (χ3v) is 3.61. The van der Waals surface area contributed by atoms with Crippen LogP contribution < -0.4 is 10.3 Å². The number of fused-ring (bicyclic) bond motifs is 1. The summed E-state index contributed by atoms with van der Waals surface area (Å²) < 4.78 is 6.96. The Labute approximate surface area is 127 Å². The smallest absolute Gasteiger partial charge is 0.343 e. The molecule has 110 valence electrons. The summed E-state index contributed by atoms with van der Waals surface area (Å²) in [6.07, 6.45) is 0. The van der Waals surface area contributed by atoms with Crippen molar-refractivity contribution in [2.75, 3.05) is 0 Å². The number of pyridine rings is 1. The largest absolute Gasteiger partial charge is 0.422 e. The van der Waals surface area contributed by atoms with Crippen molar-refractivity contribution >= 4 is 16.9 Å². The first-order chi connectivity index (χ1) is 10.6. The van der Waals surface area contributed by atoms with E-state index in [-0.39, 0.29) is 11.3 Å². The third kappa shape index (κ3) is 2.51. The summed E-state index contributed by atoms with van der Waals surface area (Å²) >= 11 is 0. The number of aromatic nitrogens is 1. The number of benzene rings is 2. The van der Waals surface area contributed by atoms with Crippen LogP contribution in [-0.4, -0.2) is 10.5 Å². The standard InChI is InChI=1S/C18H15NO3/c1-12-7-9-13(10-8-12)18(21)22-16-11-17(20)19(2)15-6-4-3-5-14(15)16/h3-11H,1-2H3. The van der Waals surface area contributed by atoms with Crippen molar-refractivity contribution in [3.05, 3.63) is 76.1 Å². The summed E-state index contributed by atoms with van der Waals surface area (Å²) in [6.45, 7) is 1.95. The molecule has 2 aromatic carbocycles. The molecule has 1 heterocycles. The molecular formula is C18H15NO3. The Hall–Kier alpha value is -2.88. The van der Waals surface area contributed by atoms with Crippen LogP contribution in [0.2, 0.25) is 0 Å². The first-order valence-corrected chi connectivity index (χ1v) is 6.94. The number of para-hydroxylation sites is 1. The lowest BCUT2D eigenvalue weighted by Gasteiger charge is -2.10. The Kier molecular flexibility index (Phi) is 3.51. The number of carbonyl (C=O) groups excluding carboxylic acids is 1. The second kappa shape index (κ2) is 5.48. The van der Waals surface area contributed by atoms with Crippen LogP contribution in [0.15, 0.2) is 59.4 Å². The minimum Gasteiger partial charge on any atom is -0.422 e. The second-order valence-corrected chi connectivity index (χ2v) is 5.18. The molecular weight excluding hydrogens is 278 g/mol. The van der Waals surface area contributed by atoms with Crippen LogP contribution in [0.1, 0.15) is 15.9 Å². The van der Waals surface area contributed by atoms with Gasteiger partial charge in [0.25, 0.3) is 5.56 Å². The average Bonchev–Trinajstić information content (AvgIpc) is 2.53. The summed E-state index contributed by atoms with van der Waals surface area (Å²) in [4.78, 5) is 24.2. The second-order valence-electron chi connectivity index (χ2n) is 5.18. The molecule has 3 rings (SSSR count). The van der Waals surface area contributed by atoms with E-state index in [1.807, 2.05) is 43.3 Å². The SMILES string of the molecule is Cc1ccc(C(=O)Oc2cc(=O)n(C)c3ccccc23)cc1. The van der Waals surface area contributed by atoms with E-state index in [0.717, 1.165) is 16.5 Å². The van der Waals surface area contributed by atoms with Crippen molar-refractivity contribution in [3.63, 3.8) is 0 Å². The zero-order chi connectivity index (χ0) is 15.7. The third-order valence-electron chi connectivity index (χ3n) is 3.61. The molecule has 0 aliphatic rings. The molecule has 0 amide bonds. The van der Waals surface area contributed by atoms with Gasteiger partial charge in [-0.2, -0.15) is 0 Å². The highest BCUT2D eigenvalue weighted by Crippen LogP contribution is 2.24. The van der Waals surface area contributed by atoms with Gasteiger partial charge >= 0.3 is 5.97 Å². The van der Waals surface area contributed by atoms with Crippen molar-refractivity contribution in [2.24, 2.45) is 7.05 Å². The highest BCUT2D eigenvalue weighted by Gasteiger charge is 2.13. The molecule has 0 radical (unpaired) electrons. The lowest BCUT2D eigenvalue weighted by Crippen LogP contribution is -2.18. The quantitative estimate of drug-likeness (QED) is 0.682. The molecule has 0 atom stereocenters. The van der Waals surface area contributed by atoms with E-state index in [2.05, 4.69) is 0 Å². The van der Waals surface area contributed by atoms with Gasteiger partial charge in [0.05, 0.1) is 11.1 Å². The molecule has 0 saturated carbocycles. The van der Waals surface area contributed by atoms with Gasteiger partial charge in [0.15, 0.2) is 0 Å². The molecule has 0 fully saturated rings. The van der Waals surface area contributed by atoms with Crippen LogP contribution in [0.25, 0.3) is 10.9 Å². The molecule has 1 aromatic heterocycles. The van der Waals surface area contributed by atoms with Crippen molar-refractivity contribution in [1.82, 2.24) is 4.57 Å². The van der Waals surface area contributed by atoms with Crippen LogP contribution >= 0.6 is 0 Å². The van der Waals surface area contributed by atoms with Gasteiger partial charge in [0, 0.05) is 18.5 Å². The van der Waals surface area contributed by atoms with Crippen molar-refractivity contribution in [1.29, 1.82) is 0 Å². The number of nitrogens with zero attached hydrogens (tertiary/aromatic N) is 1. The van der Waals surface area contributed by atoms with Gasteiger partial charge in [-0.05, 0) is 31.2 Å².